The number of morpholine rings is 1. The van der Waals surface area contributed by atoms with Gasteiger partial charge in [-0.05, 0) is 25.0 Å². The highest BCUT2D eigenvalue weighted by Gasteiger charge is 2.26. The lowest BCUT2D eigenvalue weighted by atomic mass is 10.1. The largest absolute Gasteiger partial charge is 0.368 e. The zero-order valence-corrected chi connectivity index (χ0v) is 15.6. The number of carbonyl (C=O) groups excluding carboxylic acids is 1. The van der Waals surface area contributed by atoms with E-state index in [0.717, 1.165) is 25.2 Å². The highest BCUT2D eigenvalue weighted by Crippen LogP contribution is 2.25. The van der Waals surface area contributed by atoms with Crippen LogP contribution in [0.4, 0.5) is 0 Å². The third-order valence-electron chi connectivity index (χ3n) is 4.84. The van der Waals surface area contributed by atoms with Gasteiger partial charge in [0, 0.05) is 26.1 Å². The van der Waals surface area contributed by atoms with E-state index in [-0.39, 0.29) is 24.2 Å². The zero-order valence-electron chi connectivity index (χ0n) is 15.6. The smallest absolute Gasteiger partial charge is 0.221 e. The molecule has 0 spiro atoms. The van der Waals surface area contributed by atoms with Crippen LogP contribution >= 0.6 is 0 Å². The van der Waals surface area contributed by atoms with Crippen LogP contribution in [0.5, 0.6) is 0 Å². The normalized spacial score (nSPS) is 21.9. The van der Waals surface area contributed by atoms with Crippen molar-refractivity contribution >= 4 is 5.91 Å². The van der Waals surface area contributed by atoms with E-state index in [2.05, 4.69) is 29.3 Å². The van der Waals surface area contributed by atoms with E-state index in [4.69, 9.17) is 4.74 Å². The average molecular weight is 352 g/mol. The predicted octanol–water partition coefficient (Wildman–Crippen LogP) is 3.72. The Hall–Kier alpha value is -2.17. The number of ether oxygens (including phenoxy) is 1. The van der Waals surface area contributed by atoms with Gasteiger partial charge in [0.25, 0.3) is 0 Å². The molecule has 3 rings (SSSR count). The van der Waals surface area contributed by atoms with Crippen molar-refractivity contribution < 1.29 is 9.53 Å². The third-order valence-corrected chi connectivity index (χ3v) is 4.84. The molecule has 4 nitrogen and oxygen atoms in total. The molecule has 1 aliphatic heterocycles. The van der Waals surface area contributed by atoms with Gasteiger partial charge in [-0.1, -0.05) is 60.7 Å². The first-order valence-corrected chi connectivity index (χ1v) is 9.39. The fourth-order valence-corrected chi connectivity index (χ4v) is 3.47. The summed E-state index contributed by atoms with van der Waals surface area (Å²) in [6.07, 6.45) is 0.748. The fourth-order valence-electron chi connectivity index (χ4n) is 3.47. The molecule has 0 aliphatic carbocycles. The van der Waals surface area contributed by atoms with Crippen LogP contribution in [0, 0.1) is 0 Å². The van der Waals surface area contributed by atoms with Gasteiger partial charge < -0.3 is 10.1 Å². The van der Waals surface area contributed by atoms with Crippen molar-refractivity contribution in [2.45, 2.75) is 38.5 Å². The topological polar surface area (TPSA) is 41.6 Å². The number of carbonyl (C=O) groups is 1. The Labute approximate surface area is 156 Å². The van der Waals surface area contributed by atoms with Crippen molar-refractivity contribution in [3.8, 4) is 0 Å². The maximum atomic E-state index is 12.3. The van der Waals surface area contributed by atoms with Crippen LogP contribution in [0.3, 0.4) is 0 Å². The van der Waals surface area contributed by atoms with Crippen LogP contribution < -0.4 is 5.32 Å². The second kappa shape index (κ2) is 8.97. The Balaban J connectivity index is 1.49. The van der Waals surface area contributed by atoms with Gasteiger partial charge in [-0.25, -0.2) is 0 Å². The molecule has 1 saturated heterocycles. The van der Waals surface area contributed by atoms with Crippen LogP contribution in [-0.4, -0.2) is 36.5 Å². The lowest BCUT2D eigenvalue weighted by molar-refractivity contribution is -0.123. The lowest BCUT2D eigenvalue weighted by Crippen LogP contribution is -2.44. The number of nitrogens with one attached hydrogen (secondary N) is 1. The maximum Gasteiger partial charge on any atom is 0.221 e. The van der Waals surface area contributed by atoms with Gasteiger partial charge in [0.2, 0.25) is 5.91 Å². The molecule has 26 heavy (non-hydrogen) atoms. The maximum absolute atomic E-state index is 12.3. The van der Waals surface area contributed by atoms with E-state index < -0.39 is 0 Å². The summed E-state index contributed by atoms with van der Waals surface area (Å²) < 4.78 is 6.09. The minimum atomic E-state index is 0.0318. The Bertz CT molecular complexity index is 690. The van der Waals surface area contributed by atoms with Crippen molar-refractivity contribution in [3.63, 3.8) is 0 Å². The standard InChI is InChI=1S/C22H28N2O2/c1-17-15-24(16-21(26-17)20-11-7-4-8-12-20)14-13-22(25)23-18(2)19-9-5-3-6-10-19/h3-12,17-18,21H,13-16H2,1-2H3,(H,23,25). The third kappa shape index (κ3) is 5.16. The van der Waals surface area contributed by atoms with E-state index in [1.807, 2.05) is 55.5 Å². The van der Waals surface area contributed by atoms with E-state index in [1.165, 1.54) is 5.56 Å². The molecule has 1 amide bonds. The summed E-state index contributed by atoms with van der Waals surface area (Å²) >= 11 is 0. The highest BCUT2D eigenvalue weighted by atomic mass is 16.5. The average Bonchev–Trinajstić information content (AvgIpc) is 2.67. The molecule has 1 heterocycles. The molecule has 1 N–H and O–H groups in total. The molecule has 138 valence electrons. The van der Waals surface area contributed by atoms with Crippen molar-refractivity contribution in [1.29, 1.82) is 0 Å². The SMILES string of the molecule is CC1CN(CCC(=O)NC(C)c2ccccc2)CC(c2ccccc2)O1. The van der Waals surface area contributed by atoms with Crippen molar-refractivity contribution in [2.24, 2.45) is 0 Å². The molecule has 0 radical (unpaired) electrons. The summed E-state index contributed by atoms with van der Waals surface area (Å²) in [7, 11) is 0. The quantitative estimate of drug-likeness (QED) is 0.862. The Morgan fingerprint density at radius 3 is 2.46 bits per heavy atom. The van der Waals surface area contributed by atoms with Gasteiger partial charge in [-0.2, -0.15) is 0 Å². The number of benzene rings is 2. The Kier molecular flexibility index (Phi) is 6.42. The molecular formula is C22H28N2O2. The van der Waals surface area contributed by atoms with E-state index in [1.54, 1.807) is 0 Å². The molecule has 0 bridgehead atoms. The molecule has 0 saturated carbocycles. The van der Waals surface area contributed by atoms with Crippen LogP contribution in [0.25, 0.3) is 0 Å². The first-order chi connectivity index (χ1) is 12.6. The zero-order chi connectivity index (χ0) is 18.4. The van der Waals surface area contributed by atoms with Gasteiger partial charge in [-0.15, -0.1) is 0 Å². The number of rotatable bonds is 6. The van der Waals surface area contributed by atoms with E-state index >= 15 is 0 Å². The highest BCUT2D eigenvalue weighted by molar-refractivity contribution is 5.76. The first-order valence-electron chi connectivity index (χ1n) is 9.39. The summed E-state index contributed by atoms with van der Waals surface area (Å²) in [6, 6.07) is 20.4. The second-order valence-electron chi connectivity index (χ2n) is 7.06. The number of nitrogens with zero attached hydrogens (tertiary/aromatic N) is 1. The summed E-state index contributed by atoms with van der Waals surface area (Å²) in [5.74, 6) is 0.0942. The summed E-state index contributed by atoms with van der Waals surface area (Å²) in [6.45, 7) is 6.57. The molecule has 1 aliphatic rings. The minimum Gasteiger partial charge on any atom is -0.368 e. The molecule has 1 fully saturated rings. The summed E-state index contributed by atoms with van der Waals surface area (Å²) in [5.41, 5.74) is 2.33. The molecule has 0 aromatic heterocycles. The predicted molar refractivity (Wildman–Crippen MR) is 104 cm³/mol. The molecule has 2 aromatic rings. The van der Waals surface area contributed by atoms with Crippen molar-refractivity contribution in [2.75, 3.05) is 19.6 Å². The van der Waals surface area contributed by atoms with Crippen LogP contribution in [-0.2, 0) is 9.53 Å². The fraction of sp³-hybridized carbons (Fsp3) is 0.409. The number of hydrogen-bond acceptors (Lipinski definition) is 3. The Morgan fingerprint density at radius 1 is 1.12 bits per heavy atom. The van der Waals surface area contributed by atoms with Crippen LogP contribution in [0.2, 0.25) is 0 Å². The van der Waals surface area contributed by atoms with E-state index in [9.17, 15) is 4.79 Å². The van der Waals surface area contributed by atoms with Gasteiger partial charge in [0.1, 0.15) is 0 Å². The van der Waals surface area contributed by atoms with E-state index in [0.29, 0.717) is 6.42 Å². The van der Waals surface area contributed by atoms with Gasteiger partial charge in [-0.3, -0.25) is 9.69 Å². The molecular weight excluding hydrogens is 324 g/mol. The molecule has 3 unspecified atom stereocenters. The molecule has 2 aromatic carbocycles. The first kappa shape index (κ1) is 18.6. The molecule has 3 atom stereocenters. The van der Waals surface area contributed by atoms with Crippen molar-refractivity contribution in [3.05, 3.63) is 71.8 Å². The van der Waals surface area contributed by atoms with Gasteiger partial charge in [0.15, 0.2) is 0 Å². The summed E-state index contributed by atoms with van der Waals surface area (Å²) in [5, 5.41) is 3.09. The van der Waals surface area contributed by atoms with Gasteiger partial charge >= 0.3 is 0 Å². The Morgan fingerprint density at radius 2 is 1.77 bits per heavy atom. The monoisotopic (exact) mass is 352 g/mol. The van der Waals surface area contributed by atoms with Crippen LogP contribution in [0.1, 0.15) is 43.5 Å². The van der Waals surface area contributed by atoms with Crippen molar-refractivity contribution in [1.82, 2.24) is 10.2 Å². The number of amides is 1. The van der Waals surface area contributed by atoms with Crippen LogP contribution in [0.15, 0.2) is 60.7 Å². The van der Waals surface area contributed by atoms with Gasteiger partial charge in [0.05, 0.1) is 18.2 Å². The number of hydrogen-bond donors (Lipinski definition) is 1. The summed E-state index contributed by atoms with van der Waals surface area (Å²) in [4.78, 5) is 14.7. The second-order valence-corrected chi connectivity index (χ2v) is 7.06. The minimum absolute atomic E-state index is 0.0318. The lowest BCUT2D eigenvalue weighted by Gasteiger charge is -2.37. The molecule has 4 heteroatoms.